The molecule has 4 N–H and O–H groups in total. The lowest BCUT2D eigenvalue weighted by Crippen LogP contribution is -2.20. The molecule has 0 aliphatic carbocycles. The summed E-state index contributed by atoms with van der Waals surface area (Å²) in [4.78, 5) is 4.45. The number of aliphatic hydroxyl groups excluding tert-OH is 1. The molecule has 22 heavy (non-hydrogen) atoms. The monoisotopic (exact) mass is 317 g/mol. The molecule has 0 spiro atoms. The van der Waals surface area contributed by atoms with Crippen molar-refractivity contribution in [2.24, 2.45) is 0 Å². The molecule has 1 aromatic heterocycles. The molecule has 0 radical (unpaired) electrons. The Morgan fingerprint density at radius 3 is 2.95 bits per heavy atom. The zero-order valence-corrected chi connectivity index (χ0v) is 12.5. The standard InChI is InChI=1S/C16H16ClN3O2/c17-8-13(21)9-19-12-3-1-2-10(6-12)16-20-14-7-11(18)4-5-15(14)22-16/h1-7,13,19,21H,8-9,18H2. The Bertz CT molecular complexity index is 788. The Morgan fingerprint density at radius 2 is 2.14 bits per heavy atom. The van der Waals surface area contributed by atoms with Gasteiger partial charge in [-0.15, -0.1) is 11.6 Å². The van der Waals surface area contributed by atoms with Crippen LogP contribution in [0.25, 0.3) is 22.6 Å². The second-order valence-corrected chi connectivity index (χ2v) is 5.32. The fraction of sp³-hybridized carbons (Fsp3) is 0.188. The summed E-state index contributed by atoms with van der Waals surface area (Å²) in [6, 6.07) is 13.0. The number of fused-ring (bicyclic) bond motifs is 1. The second-order valence-electron chi connectivity index (χ2n) is 5.02. The minimum atomic E-state index is -0.586. The molecule has 1 heterocycles. The molecule has 2 aromatic carbocycles. The number of oxazole rings is 1. The number of aromatic nitrogens is 1. The van der Waals surface area contributed by atoms with Crippen LogP contribution in [0.15, 0.2) is 46.9 Å². The molecule has 0 aliphatic rings. The first-order valence-corrected chi connectivity index (χ1v) is 7.43. The summed E-state index contributed by atoms with van der Waals surface area (Å²) in [7, 11) is 0. The van der Waals surface area contributed by atoms with E-state index in [9.17, 15) is 5.11 Å². The van der Waals surface area contributed by atoms with E-state index in [0.29, 0.717) is 23.7 Å². The minimum Gasteiger partial charge on any atom is -0.436 e. The molecule has 0 fully saturated rings. The van der Waals surface area contributed by atoms with Gasteiger partial charge in [0.1, 0.15) is 5.52 Å². The minimum absolute atomic E-state index is 0.194. The van der Waals surface area contributed by atoms with Crippen molar-refractivity contribution in [1.82, 2.24) is 4.98 Å². The number of aliphatic hydroxyl groups is 1. The van der Waals surface area contributed by atoms with E-state index in [-0.39, 0.29) is 5.88 Å². The predicted octanol–water partition coefficient (Wildman–Crippen LogP) is 3.09. The van der Waals surface area contributed by atoms with Gasteiger partial charge in [0.25, 0.3) is 0 Å². The topological polar surface area (TPSA) is 84.3 Å². The number of hydrogen-bond donors (Lipinski definition) is 3. The number of benzene rings is 2. The van der Waals surface area contributed by atoms with Crippen LogP contribution in [0.4, 0.5) is 11.4 Å². The van der Waals surface area contributed by atoms with E-state index in [1.54, 1.807) is 18.2 Å². The molecule has 0 amide bonds. The predicted molar refractivity (Wildman–Crippen MR) is 89.1 cm³/mol. The van der Waals surface area contributed by atoms with Gasteiger partial charge in [0.2, 0.25) is 5.89 Å². The normalized spacial score (nSPS) is 12.5. The highest BCUT2D eigenvalue weighted by Gasteiger charge is 2.09. The Hall–Kier alpha value is -2.24. The van der Waals surface area contributed by atoms with E-state index in [0.717, 1.165) is 16.8 Å². The molecule has 0 aliphatic heterocycles. The summed E-state index contributed by atoms with van der Waals surface area (Å²) in [6.45, 7) is 0.386. The van der Waals surface area contributed by atoms with Crippen molar-refractivity contribution in [3.05, 3.63) is 42.5 Å². The molecule has 0 bridgehead atoms. The van der Waals surface area contributed by atoms with Gasteiger partial charge < -0.3 is 20.6 Å². The summed E-state index contributed by atoms with van der Waals surface area (Å²) >= 11 is 5.58. The highest BCUT2D eigenvalue weighted by atomic mass is 35.5. The van der Waals surface area contributed by atoms with Gasteiger partial charge in [-0.05, 0) is 36.4 Å². The molecule has 5 nitrogen and oxygen atoms in total. The SMILES string of the molecule is Nc1ccc2oc(-c3cccc(NCC(O)CCl)c3)nc2c1. The Kier molecular flexibility index (Phi) is 4.18. The maximum absolute atomic E-state index is 9.49. The quantitative estimate of drug-likeness (QED) is 0.497. The van der Waals surface area contributed by atoms with Gasteiger partial charge >= 0.3 is 0 Å². The average Bonchev–Trinajstić information content (AvgIpc) is 2.96. The molecule has 0 saturated heterocycles. The number of nitrogen functional groups attached to an aromatic ring is 1. The first kappa shape index (κ1) is 14.7. The second kappa shape index (κ2) is 6.25. The molecular weight excluding hydrogens is 302 g/mol. The highest BCUT2D eigenvalue weighted by molar-refractivity contribution is 6.18. The lowest BCUT2D eigenvalue weighted by Gasteiger charge is -2.10. The Morgan fingerprint density at radius 1 is 1.27 bits per heavy atom. The molecule has 3 rings (SSSR count). The van der Waals surface area contributed by atoms with Crippen molar-refractivity contribution in [3.8, 4) is 11.5 Å². The third-order valence-corrected chi connectivity index (χ3v) is 3.60. The number of nitrogens with two attached hydrogens (primary N) is 1. The van der Waals surface area contributed by atoms with Crippen LogP contribution in [-0.4, -0.2) is 28.6 Å². The van der Waals surface area contributed by atoms with Gasteiger partial charge in [0.05, 0.1) is 12.0 Å². The molecule has 6 heteroatoms. The lowest BCUT2D eigenvalue weighted by atomic mass is 10.2. The van der Waals surface area contributed by atoms with E-state index < -0.39 is 6.10 Å². The van der Waals surface area contributed by atoms with E-state index in [2.05, 4.69) is 10.3 Å². The van der Waals surface area contributed by atoms with Crippen LogP contribution in [0.3, 0.4) is 0 Å². The maximum Gasteiger partial charge on any atom is 0.227 e. The van der Waals surface area contributed by atoms with Gasteiger partial charge in [-0.25, -0.2) is 4.98 Å². The number of alkyl halides is 1. The van der Waals surface area contributed by atoms with E-state index in [1.165, 1.54) is 0 Å². The first-order valence-electron chi connectivity index (χ1n) is 6.90. The summed E-state index contributed by atoms with van der Waals surface area (Å²) in [5.41, 5.74) is 9.54. The lowest BCUT2D eigenvalue weighted by molar-refractivity contribution is 0.211. The molecule has 1 atom stereocenters. The van der Waals surface area contributed by atoms with Crippen LogP contribution in [0.1, 0.15) is 0 Å². The van der Waals surface area contributed by atoms with Crippen molar-refractivity contribution in [2.45, 2.75) is 6.10 Å². The van der Waals surface area contributed by atoms with Crippen LogP contribution in [0, 0.1) is 0 Å². The van der Waals surface area contributed by atoms with Crippen LogP contribution in [-0.2, 0) is 0 Å². The highest BCUT2D eigenvalue weighted by Crippen LogP contribution is 2.27. The zero-order chi connectivity index (χ0) is 15.5. The van der Waals surface area contributed by atoms with Gasteiger partial charge in [-0.1, -0.05) is 6.07 Å². The van der Waals surface area contributed by atoms with Crippen LogP contribution in [0.5, 0.6) is 0 Å². The summed E-state index contributed by atoms with van der Waals surface area (Å²) in [5, 5.41) is 12.6. The fourth-order valence-electron chi connectivity index (χ4n) is 2.12. The van der Waals surface area contributed by atoms with E-state index in [1.807, 2.05) is 24.3 Å². The number of nitrogens with one attached hydrogen (secondary N) is 1. The van der Waals surface area contributed by atoms with E-state index in [4.69, 9.17) is 21.8 Å². The Labute approximate surface area is 132 Å². The number of nitrogens with zero attached hydrogens (tertiary/aromatic N) is 1. The first-order chi connectivity index (χ1) is 10.7. The maximum atomic E-state index is 9.49. The van der Waals surface area contributed by atoms with Crippen molar-refractivity contribution in [1.29, 1.82) is 0 Å². The van der Waals surface area contributed by atoms with Crippen molar-refractivity contribution in [3.63, 3.8) is 0 Å². The Balaban J connectivity index is 1.86. The smallest absolute Gasteiger partial charge is 0.227 e. The number of rotatable bonds is 5. The summed E-state index contributed by atoms with van der Waals surface area (Å²) < 4.78 is 5.75. The molecule has 1 unspecified atom stereocenters. The third-order valence-electron chi connectivity index (χ3n) is 3.24. The summed E-state index contributed by atoms with van der Waals surface area (Å²) in [6.07, 6.45) is -0.586. The molecule has 114 valence electrons. The van der Waals surface area contributed by atoms with Crippen molar-refractivity contribution >= 4 is 34.1 Å². The number of hydrogen-bond acceptors (Lipinski definition) is 5. The van der Waals surface area contributed by atoms with Crippen LogP contribution in [0.2, 0.25) is 0 Å². The van der Waals surface area contributed by atoms with Gasteiger partial charge in [0.15, 0.2) is 5.58 Å². The van der Waals surface area contributed by atoms with E-state index >= 15 is 0 Å². The zero-order valence-electron chi connectivity index (χ0n) is 11.8. The van der Waals surface area contributed by atoms with Crippen molar-refractivity contribution in [2.75, 3.05) is 23.5 Å². The van der Waals surface area contributed by atoms with Crippen LogP contribution < -0.4 is 11.1 Å². The molecule has 3 aromatic rings. The van der Waals surface area contributed by atoms with Gasteiger partial charge in [-0.2, -0.15) is 0 Å². The van der Waals surface area contributed by atoms with Gasteiger partial charge in [-0.3, -0.25) is 0 Å². The summed E-state index contributed by atoms with van der Waals surface area (Å²) in [5.74, 6) is 0.723. The number of halogens is 1. The van der Waals surface area contributed by atoms with Gasteiger partial charge in [0, 0.05) is 23.5 Å². The average molecular weight is 318 g/mol. The third kappa shape index (κ3) is 3.16. The largest absolute Gasteiger partial charge is 0.436 e. The molecular formula is C16H16ClN3O2. The molecule has 0 saturated carbocycles. The van der Waals surface area contributed by atoms with Crippen molar-refractivity contribution < 1.29 is 9.52 Å². The van der Waals surface area contributed by atoms with Crippen LogP contribution >= 0.6 is 11.6 Å². The number of anilines is 2. The fourth-order valence-corrected chi connectivity index (χ4v) is 2.23.